The van der Waals surface area contributed by atoms with E-state index in [0.717, 1.165) is 55.7 Å². The van der Waals surface area contributed by atoms with E-state index in [9.17, 15) is 0 Å². The van der Waals surface area contributed by atoms with E-state index in [4.69, 9.17) is 19.4 Å². The quantitative estimate of drug-likeness (QED) is 0.162. The third kappa shape index (κ3) is 5.82. The molecule has 0 spiro atoms. The summed E-state index contributed by atoms with van der Waals surface area (Å²) >= 11 is 1.79. The van der Waals surface area contributed by atoms with Crippen molar-refractivity contribution < 1.29 is 4.42 Å². The molecular formula is C51H32N4OS. The van der Waals surface area contributed by atoms with Crippen molar-refractivity contribution in [2.45, 2.75) is 0 Å². The molecule has 0 aliphatic carbocycles. The first-order valence-electron chi connectivity index (χ1n) is 18.9. The molecule has 0 fully saturated rings. The van der Waals surface area contributed by atoms with Crippen LogP contribution >= 0.6 is 11.3 Å². The predicted molar refractivity (Wildman–Crippen MR) is 236 cm³/mol. The van der Waals surface area contributed by atoms with Gasteiger partial charge in [-0.25, -0.2) is 15.0 Å². The standard InChI is InChI=1S/C51H32N4OS/c1-4-14-33(15-5-1)34-24-27-38(28-25-34)55(37-18-8-3-9-19-37)43-31-30-42(48-47(43)41-21-10-12-22-44(41)56-48)51-53-49(35-16-6-2-7-17-35)52-50(54-51)36-26-29-40-39-20-11-13-23-45(39)57-46(40)32-36/h1-32H. The summed E-state index contributed by atoms with van der Waals surface area (Å²) in [6.45, 7) is 0. The van der Waals surface area contributed by atoms with E-state index in [0.29, 0.717) is 23.1 Å². The SMILES string of the molecule is c1ccc(-c2ccc(N(c3ccccc3)c3ccc(-c4nc(-c5ccccc5)nc(-c5ccc6c(c5)sc5ccccc56)n4)c4oc5ccccc5c34)cc2)cc1. The van der Waals surface area contributed by atoms with Crippen LogP contribution in [0.2, 0.25) is 0 Å². The molecule has 0 saturated heterocycles. The van der Waals surface area contributed by atoms with E-state index < -0.39 is 0 Å². The molecule has 3 aromatic heterocycles. The topological polar surface area (TPSA) is 55.1 Å². The second-order valence-corrected chi connectivity index (χ2v) is 15.1. The van der Waals surface area contributed by atoms with E-state index >= 15 is 0 Å². The van der Waals surface area contributed by atoms with Gasteiger partial charge in [-0.3, -0.25) is 0 Å². The summed E-state index contributed by atoms with van der Waals surface area (Å²) in [5, 5.41) is 4.48. The van der Waals surface area contributed by atoms with Gasteiger partial charge < -0.3 is 9.32 Å². The van der Waals surface area contributed by atoms with Crippen LogP contribution in [-0.2, 0) is 0 Å². The lowest BCUT2D eigenvalue weighted by molar-refractivity contribution is 0.669. The number of fused-ring (bicyclic) bond motifs is 6. The summed E-state index contributed by atoms with van der Waals surface area (Å²) in [6, 6.07) is 67.4. The Morgan fingerprint density at radius 3 is 1.74 bits per heavy atom. The summed E-state index contributed by atoms with van der Waals surface area (Å²) in [5.41, 5.74) is 9.55. The number of hydrogen-bond donors (Lipinski definition) is 0. The van der Waals surface area contributed by atoms with E-state index in [2.05, 4.69) is 144 Å². The maximum atomic E-state index is 6.83. The summed E-state index contributed by atoms with van der Waals surface area (Å²) < 4.78 is 9.29. The van der Waals surface area contributed by atoms with Crippen molar-refractivity contribution in [2.24, 2.45) is 0 Å². The first-order chi connectivity index (χ1) is 28.2. The average Bonchev–Trinajstić information content (AvgIpc) is 3.86. The lowest BCUT2D eigenvalue weighted by Crippen LogP contribution is -2.10. The van der Waals surface area contributed by atoms with Crippen LogP contribution in [0.15, 0.2) is 199 Å². The van der Waals surface area contributed by atoms with Gasteiger partial charge in [-0.05, 0) is 65.7 Å². The van der Waals surface area contributed by atoms with Crippen molar-refractivity contribution >= 4 is 70.5 Å². The van der Waals surface area contributed by atoms with Crippen molar-refractivity contribution in [3.05, 3.63) is 194 Å². The average molecular weight is 749 g/mol. The number of anilines is 3. The van der Waals surface area contributed by atoms with Crippen molar-refractivity contribution in [3.63, 3.8) is 0 Å². The van der Waals surface area contributed by atoms with Crippen molar-refractivity contribution in [1.82, 2.24) is 15.0 Å². The van der Waals surface area contributed by atoms with Gasteiger partial charge in [-0.2, -0.15) is 0 Å². The summed E-state index contributed by atoms with van der Waals surface area (Å²) in [4.78, 5) is 17.8. The number of para-hydroxylation sites is 2. The minimum absolute atomic E-state index is 0.546. The van der Waals surface area contributed by atoms with Gasteiger partial charge in [0.15, 0.2) is 17.5 Å². The third-order valence-corrected chi connectivity index (χ3v) is 11.7. The van der Waals surface area contributed by atoms with Crippen molar-refractivity contribution in [2.75, 3.05) is 4.90 Å². The number of furan rings is 1. The van der Waals surface area contributed by atoms with Gasteiger partial charge >= 0.3 is 0 Å². The zero-order valence-corrected chi connectivity index (χ0v) is 31.4. The van der Waals surface area contributed by atoms with E-state index in [1.54, 1.807) is 11.3 Å². The van der Waals surface area contributed by atoms with E-state index in [1.165, 1.54) is 25.7 Å². The second kappa shape index (κ2) is 13.7. The number of hydrogen-bond acceptors (Lipinski definition) is 6. The van der Waals surface area contributed by atoms with Crippen LogP contribution in [0.4, 0.5) is 17.1 Å². The van der Waals surface area contributed by atoms with Crippen molar-refractivity contribution in [3.8, 4) is 45.3 Å². The zero-order chi connectivity index (χ0) is 37.7. The van der Waals surface area contributed by atoms with Crippen LogP contribution < -0.4 is 4.90 Å². The normalized spacial score (nSPS) is 11.5. The highest BCUT2D eigenvalue weighted by atomic mass is 32.1. The molecule has 0 bridgehead atoms. The van der Waals surface area contributed by atoms with Gasteiger partial charge in [0.1, 0.15) is 11.2 Å². The molecule has 0 unspecified atom stereocenters. The highest BCUT2D eigenvalue weighted by Gasteiger charge is 2.24. The Morgan fingerprint density at radius 2 is 0.965 bits per heavy atom. The van der Waals surface area contributed by atoms with Crippen molar-refractivity contribution in [1.29, 1.82) is 0 Å². The number of benzene rings is 8. The molecule has 5 nitrogen and oxygen atoms in total. The molecule has 0 saturated carbocycles. The molecule has 0 atom stereocenters. The molecule has 0 radical (unpaired) electrons. The smallest absolute Gasteiger partial charge is 0.167 e. The van der Waals surface area contributed by atoms with Gasteiger partial charge in [-0.1, -0.05) is 140 Å². The fourth-order valence-corrected chi connectivity index (χ4v) is 8.96. The fraction of sp³-hybridized carbons (Fsp3) is 0. The summed E-state index contributed by atoms with van der Waals surface area (Å²) in [6.07, 6.45) is 0. The summed E-state index contributed by atoms with van der Waals surface area (Å²) in [5.74, 6) is 1.75. The zero-order valence-electron chi connectivity index (χ0n) is 30.6. The van der Waals surface area contributed by atoms with Gasteiger partial charge in [0, 0.05) is 48.1 Å². The molecule has 6 heteroatoms. The number of thiophene rings is 1. The molecule has 268 valence electrons. The number of rotatable bonds is 7. The maximum absolute atomic E-state index is 6.83. The molecular weight excluding hydrogens is 717 g/mol. The van der Waals surface area contributed by atoms with Crippen LogP contribution in [-0.4, -0.2) is 15.0 Å². The largest absolute Gasteiger partial charge is 0.455 e. The Balaban J connectivity index is 1.12. The highest BCUT2D eigenvalue weighted by Crippen LogP contribution is 2.46. The van der Waals surface area contributed by atoms with E-state index in [1.807, 2.05) is 54.6 Å². The van der Waals surface area contributed by atoms with Crippen LogP contribution in [0.25, 0.3) is 87.4 Å². The Morgan fingerprint density at radius 1 is 0.404 bits per heavy atom. The van der Waals surface area contributed by atoms with Gasteiger partial charge in [0.05, 0.1) is 16.6 Å². The Bertz CT molecular complexity index is 3230. The molecule has 3 heterocycles. The monoisotopic (exact) mass is 748 g/mol. The predicted octanol–water partition coefficient (Wildman–Crippen LogP) is 14.3. The maximum Gasteiger partial charge on any atom is 0.167 e. The van der Waals surface area contributed by atoms with Crippen LogP contribution in [0, 0.1) is 0 Å². The van der Waals surface area contributed by atoms with E-state index in [-0.39, 0.29) is 0 Å². The number of nitrogens with zero attached hydrogens (tertiary/aromatic N) is 4. The fourth-order valence-electron chi connectivity index (χ4n) is 7.82. The Hall–Kier alpha value is -7.41. The number of aromatic nitrogens is 3. The first-order valence-corrected chi connectivity index (χ1v) is 19.8. The molecule has 0 amide bonds. The third-order valence-electron chi connectivity index (χ3n) is 10.5. The Labute approximate surface area is 332 Å². The van der Waals surface area contributed by atoms with Gasteiger partial charge in [0.2, 0.25) is 0 Å². The molecule has 8 aromatic carbocycles. The van der Waals surface area contributed by atoms with Crippen LogP contribution in [0.3, 0.4) is 0 Å². The van der Waals surface area contributed by atoms with Crippen LogP contribution in [0.5, 0.6) is 0 Å². The van der Waals surface area contributed by atoms with Gasteiger partial charge in [-0.15, -0.1) is 11.3 Å². The molecule has 11 rings (SSSR count). The molecule has 0 aliphatic rings. The lowest BCUT2D eigenvalue weighted by Gasteiger charge is -2.26. The lowest BCUT2D eigenvalue weighted by atomic mass is 10.0. The Kier molecular flexibility index (Phi) is 7.93. The molecule has 0 aliphatic heterocycles. The minimum Gasteiger partial charge on any atom is -0.455 e. The van der Waals surface area contributed by atoms with Crippen LogP contribution in [0.1, 0.15) is 0 Å². The molecule has 11 aromatic rings. The molecule has 57 heavy (non-hydrogen) atoms. The second-order valence-electron chi connectivity index (χ2n) is 14.0. The minimum atomic E-state index is 0.546. The summed E-state index contributed by atoms with van der Waals surface area (Å²) in [7, 11) is 0. The molecule has 0 N–H and O–H groups in total. The highest BCUT2D eigenvalue weighted by molar-refractivity contribution is 7.25. The van der Waals surface area contributed by atoms with Gasteiger partial charge in [0.25, 0.3) is 0 Å². The first kappa shape index (κ1) is 33.0.